The molecule has 0 aromatic heterocycles. The molecular weight excluding hydrogens is 180 g/mol. The van der Waals surface area contributed by atoms with Crippen LogP contribution in [-0.2, 0) is 0 Å². The molecule has 0 unspecified atom stereocenters. The second kappa shape index (κ2) is 3.83. The van der Waals surface area contributed by atoms with E-state index in [1.807, 2.05) is 31.7 Å². The van der Waals surface area contributed by atoms with Crippen LogP contribution in [0.25, 0.3) is 0 Å². The minimum atomic E-state index is 0.905. The third-order valence-corrected chi connectivity index (χ3v) is 2.66. The van der Waals surface area contributed by atoms with Crippen LogP contribution < -0.4 is 0 Å². The molecule has 0 N–H and O–H groups in total. The van der Waals surface area contributed by atoms with Crippen molar-refractivity contribution in [3.05, 3.63) is 35.3 Å². The Kier molecular flexibility index (Phi) is 2.98. The van der Waals surface area contributed by atoms with Gasteiger partial charge in [-0.15, -0.1) is 12.6 Å². The third kappa shape index (κ3) is 1.70. The van der Waals surface area contributed by atoms with E-state index >= 15 is 0 Å². The fourth-order valence-electron chi connectivity index (χ4n) is 1.26. The van der Waals surface area contributed by atoms with Gasteiger partial charge in [0, 0.05) is 16.8 Å². The quantitative estimate of drug-likeness (QED) is 0.634. The van der Waals surface area contributed by atoms with Gasteiger partial charge in [-0.3, -0.25) is 0 Å². The standard InChI is InChI=1S/C10H14N2S/c1-5-9-11-7(3)10(13)8(4)12(9)6-2/h5-6,13H,2H2,1,3-4H3/b9-5-. The number of thiol groups is 1. The van der Waals surface area contributed by atoms with Crippen LogP contribution in [0.3, 0.4) is 0 Å². The maximum absolute atomic E-state index is 4.38. The van der Waals surface area contributed by atoms with Crippen LogP contribution in [0.2, 0.25) is 0 Å². The van der Waals surface area contributed by atoms with Crippen LogP contribution in [0, 0.1) is 0 Å². The van der Waals surface area contributed by atoms with Crippen molar-refractivity contribution < 1.29 is 0 Å². The molecule has 0 fully saturated rings. The fraction of sp³-hybridized carbons (Fsp3) is 0.300. The minimum Gasteiger partial charge on any atom is -0.306 e. The molecule has 0 aromatic rings. The molecule has 13 heavy (non-hydrogen) atoms. The summed E-state index contributed by atoms with van der Waals surface area (Å²) in [6, 6.07) is 0. The maximum atomic E-state index is 4.38. The van der Waals surface area contributed by atoms with Crippen LogP contribution in [-0.4, -0.2) is 10.6 Å². The highest BCUT2D eigenvalue weighted by atomic mass is 32.1. The van der Waals surface area contributed by atoms with Gasteiger partial charge in [0.15, 0.2) is 0 Å². The molecule has 1 heterocycles. The van der Waals surface area contributed by atoms with Gasteiger partial charge < -0.3 is 4.90 Å². The largest absolute Gasteiger partial charge is 0.306 e. The summed E-state index contributed by atoms with van der Waals surface area (Å²) >= 11 is 4.38. The summed E-state index contributed by atoms with van der Waals surface area (Å²) in [6.07, 6.45) is 3.70. The summed E-state index contributed by atoms with van der Waals surface area (Å²) in [5, 5.41) is 0. The molecule has 1 rings (SSSR count). The van der Waals surface area contributed by atoms with Gasteiger partial charge in [0.25, 0.3) is 0 Å². The van der Waals surface area contributed by atoms with Gasteiger partial charge in [-0.2, -0.15) is 0 Å². The molecular formula is C10H14N2S. The monoisotopic (exact) mass is 194 g/mol. The summed E-state index contributed by atoms with van der Waals surface area (Å²) in [7, 11) is 0. The lowest BCUT2D eigenvalue weighted by Gasteiger charge is -2.27. The molecule has 0 radical (unpaired) electrons. The van der Waals surface area contributed by atoms with Gasteiger partial charge in [-0.25, -0.2) is 4.99 Å². The number of hydrogen-bond donors (Lipinski definition) is 1. The van der Waals surface area contributed by atoms with Crippen molar-refractivity contribution in [3.8, 4) is 0 Å². The van der Waals surface area contributed by atoms with Crippen molar-refractivity contribution in [2.75, 3.05) is 0 Å². The van der Waals surface area contributed by atoms with Gasteiger partial charge in [0.1, 0.15) is 5.82 Å². The van der Waals surface area contributed by atoms with Crippen LogP contribution in [0.5, 0.6) is 0 Å². The zero-order valence-electron chi connectivity index (χ0n) is 8.20. The number of aliphatic imine (C=N–C) groups is 1. The number of hydrogen-bond acceptors (Lipinski definition) is 3. The zero-order chi connectivity index (χ0) is 10.0. The number of nitrogens with zero attached hydrogens (tertiary/aromatic N) is 2. The molecule has 70 valence electrons. The number of allylic oxidation sites excluding steroid dienone is 3. The van der Waals surface area contributed by atoms with Crippen molar-refractivity contribution in [1.82, 2.24) is 4.90 Å². The summed E-state index contributed by atoms with van der Waals surface area (Å²) in [5.74, 6) is 0.905. The average Bonchev–Trinajstić information content (AvgIpc) is 2.13. The molecule has 0 aliphatic carbocycles. The molecule has 0 atom stereocenters. The zero-order valence-corrected chi connectivity index (χ0v) is 9.10. The first-order valence-corrected chi connectivity index (χ1v) is 4.60. The maximum Gasteiger partial charge on any atom is 0.132 e. The second-order valence-corrected chi connectivity index (χ2v) is 3.28. The first kappa shape index (κ1) is 10.1. The fourth-order valence-corrected chi connectivity index (χ4v) is 1.42. The molecule has 0 saturated carbocycles. The van der Waals surface area contributed by atoms with Gasteiger partial charge in [0.2, 0.25) is 0 Å². The Bertz CT molecular complexity index is 324. The Morgan fingerprint density at radius 1 is 1.46 bits per heavy atom. The Hall–Kier alpha value is -0.960. The molecule has 1 aliphatic rings. The van der Waals surface area contributed by atoms with E-state index in [0.717, 1.165) is 22.1 Å². The lowest BCUT2D eigenvalue weighted by Crippen LogP contribution is -2.20. The molecule has 0 bridgehead atoms. The highest BCUT2D eigenvalue weighted by Gasteiger charge is 2.16. The van der Waals surface area contributed by atoms with Gasteiger partial charge >= 0.3 is 0 Å². The molecule has 0 saturated heterocycles. The molecule has 0 spiro atoms. The van der Waals surface area contributed by atoms with Crippen LogP contribution in [0.15, 0.2) is 40.3 Å². The predicted molar refractivity (Wildman–Crippen MR) is 60.6 cm³/mol. The van der Waals surface area contributed by atoms with E-state index in [9.17, 15) is 0 Å². The van der Waals surface area contributed by atoms with E-state index in [1.54, 1.807) is 6.20 Å². The smallest absolute Gasteiger partial charge is 0.132 e. The first-order chi connectivity index (χ1) is 6.11. The molecule has 1 aliphatic heterocycles. The van der Waals surface area contributed by atoms with E-state index in [-0.39, 0.29) is 0 Å². The van der Waals surface area contributed by atoms with E-state index in [2.05, 4.69) is 24.2 Å². The van der Waals surface area contributed by atoms with Gasteiger partial charge in [0.05, 0.1) is 5.71 Å². The second-order valence-electron chi connectivity index (χ2n) is 2.83. The molecule has 3 heteroatoms. The Labute approximate surface area is 84.8 Å². The molecule has 0 aromatic carbocycles. The van der Waals surface area contributed by atoms with Crippen LogP contribution in [0.4, 0.5) is 0 Å². The van der Waals surface area contributed by atoms with Crippen LogP contribution in [0.1, 0.15) is 20.8 Å². The van der Waals surface area contributed by atoms with Crippen molar-refractivity contribution >= 4 is 18.3 Å². The average molecular weight is 194 g/mol. The van der Waals surface area contributed by atoms with Gasteiger partial charge in [-0.05, 0) is 26.8 Å². The lowest BCUT2D eigenvalue weighted by molar-refractivity contribution is 0.561. The van der Waals surface area contributed by atoms with Crippen molar-refractivity contribution in [3.63, 3.8) is 0 Å². The van der Waals surface area contributed by atoms with Crippen LogP contribution >= 0.6 is 12.6 Å². The lowest BCUT2D eigenvalue weighted by atomic mass is 10.2. The molecule has 0 amide bonds. The normalized spacial score (nSPS) is 20.8. The summed E-state index contributed by atoms with van der Waals surface area (Å²) in [4.78, 5) is 7.23. The summed E-state index contributed by atoms with van der Waals surface area (Å²) < 4.78 is 0. The third-order valence-electron chi connectivity index (χ3n) is 2.02. The molecule has 2 nitrogen and oxygen atoms in total. The predicted octanol–water partition coefficient (Wildman–Crippen LogP) is 2.93. The Morgan fingerprint density at radius 2 is 2.08 bits per heavy atom. The SMILES string of the molecule is C=CN1C(C)=C(S)C(C)=N/C1=C/C. The van der Waals surface area contributed by atoms with E-state index in [1.165, 1.54) is 0 Å². The summed E-state index contributed by atoms with van der Waals surface area (Å²) in [5.41, 5.74) is 2.02. The highest BCUT2D eigenvalue weighted by Crippen LogP contribution is 2.26. The van der Waals surface area contributed by atoms with Gasteiger partial charge in [-0.1, -0.05) is 6.58 Å². The number of rotatable bonds is 1. The minimum absolute atomic E-state index is 0.905. The van der Waals surface area contributed by atoms with Crippen molar-refractivity contribution in [2.45, 2.75) is 20.8 Å². The van der Waals surface area contributed by atoms with Crippen molar-refractivity contribution in [1.29, 1.82) is 0 Å². The van der Waals surface area contributed by atoms with E-state index < -0.39 is 0 Å². The highest BCUT2D eigenvalue weighted by molar-refractivity contribution is 7.85. The van der Waals surface area contributed by atoms with Crippen molar-refractivity contribution in [2.24, 2.45) is 4.99 Å². The Morgan fingerprint density at radius 3 is 2.54 bits per heavy atom. The first-order valence-electron chi connectivity index (χ1n) is 4.15. The topological polar surface area (TPSA) is 15.6 Å². The Balaban J connectivity index is 3.21. The summed E-state index contributed by atoms with van der Waals surface area (Å²) in [6.45, 7) is 9.66. The van der Waals surface area contributed by atoms with E-state index in [4.69, 9.17) is 0 Å². The van der Waals surface area contributed by atoms with E-state index in [0.29, 0.717) is 0 Å².